The van der Waals surface area contributed by atoms with E-state index in [9.17, 15) is 20.2 Å². The van der Waals surface area contributed by atoms with Gasteiger partial charge >= 0.3 is 11.4 Å². The number of rotatable bonds is 5. The van der Waals surface area contributed by atoms with Crippen LogP contribution >= 0.6 is 0 Å². The van der Waals surface area contributed by atoms with Crippen molar-refractivity contribution in [2.45, 2.75) is 39.8 Å². The van der Waals surface area contributed by atoms with E-state index in [1.54, 1.807) is 38.7 Å². The molecule has 8 heteroatoms. The lowest BCUT2D eigenvalue weighted by molar-refractivity contribution is -0.392. The van der Waals surface area contributed by atoms with Gasteiger partial charge in [0.15, 0.2) is 5.69 Å². The van der Waals surface area contributed by atoms with E-state index in [0.29, 0.717) is 0 Å². The van der Waals surface area contributed by atoms with Gasteiger partial charge in [-0.3, -0.25) is 20.2 Å². The molecule has 112 valence electrons. The van der Waals surface area contributed by atoms with Crippen LogP contribution in [0.25, 0.3) is 0 Å². The van der Waals surface area contributed by atoms with Gasteiger partial charge in [-0.15, -0.1) is 0 Å². The summed E-state index contributed by atoms with van der Waals surface area (Å²) in [7, 11) is 0. The first-order valence-corrected chi connectivity index (χ1v) is 6.36. The number of nitro benzene ring substituents is 2. The fourth-order valence-electron chi connectivity index (χ4n) is 2.32. The van der Waals surface area contributed by atoms with Crippen LogP contribution in [-0.2, 0) is 0 Å². The number of nitriles is 1. The van der Waals surface area contributed by atoms with Crippen molar-refractivity contribution in [1.82, 2.24) is 0 Å². The molecule has 0 heterocycles. The third-order valence-electron chi connectivity index (χ3n) is 2.96. The average Bonchev–Trinajstić information content (AvgIpc) is 2.37. The fourth-order valence-corrected chi connectivity index (χ4v) is 2.32. The van der Waals surface area contributed by atoms with Crippen molar-refractivity contribution in [2.24, 2.45) is 0 Å². The van der Waals surface area contributed by atoms with Crippen LogP contribution < -0.4 is 4.90 Å². The highest BCUT2D eigenvalue weighted by Crippen LogP contribution is 2.40. The van der Waals surface area contributed by atoms with Gasteiger partial charge in [0.2, 0.25) is 0 Å². The van der Waals surface area contributed by atoms with Crippen LogP contribution in [0.15, 0.2) is 12.1 Å². The van der Waals surface area contributed by atoms with E-state index in [0.717, 1.165) is 12.1 Å². The number of benzene rings is 1. The van der Waals surface area contributed by atoms with Gasteiger partial charge in [0.05, 0.1) is 21.5 Å². The Morgan fingerprint density at radius 2 is 1.43 bits per heavy atom. The molecular formula is C13H16N4O4. The monoisotopic (exact) mass is 292 g/mol. The van der Waals surface area contributed by atoms with E-state index < -0.39 is 21.2 Å². The number of anilines is 1. The van der Waals surface area contributed by atoms with Gasteiger partial charge in [-0.2, -0.15) is 5.26 Å². The van der Waals surface area contributed by atoms with Crippen LogP contribution in [0.5, 0.6) is 0 Å². The lowest BCUT2D eigenvalue weighted by Gasteiger charge is -2.32. The topological polar surface area (TPSA) is 113 Å². The van der Waals surface area contributed by atoms with Gasteiger partial charge in [0.25, 0.3) is 0 Å². The average molecular weight is 292 g/mol. The Morgan fingerprint density at radius 1 is 1.05 bits per heavy atom. The summed E-state index contributed by atoms with van der Waals surface area (Å²) in [6, 6.07) is 3.51. The molecular weight excluding hydrogens is 276 g/mol. The molecule has 0 aliphatic rings. The lowest BCUT2D eigenvalue weighted by Crippen LogP contribution is -2.38. The van der Waals surface area contributed by atoms with E-state index in [2.05, 4.69) is 0 Å². The quantitative estimate of drug-likeness (QED) is 0.608. The summed E-state index contributed by atoms with van der Waals surface area (Å²) >= 11 is 0. The minimum atomic E-state index is -0.694. The zero-order valence-corrected chi connectivity index (χ0v) is 12.2. The normalized spacial score (nSPS) is 10.5. The zero-order valence-electron chi connectivity index (χ0n) is 12.2. The van der Waals surface area contributed by atoms with Crippen LogP contribution in [0.4, 0.5) is 17.1 Å². The summed E-state index contributed by atoms with van der Waals surface area (Å²) in [6.07, 6.45) is 0. The molecule has 1 aromatic rings. The maximum Gasteiger partial charge on any atom is 0.301 e. The first-order valence-electron chi connectivity index (χ1n) is 6.36. The first-order chi connectivity index (χ1) is 9.70. The van der Waals surface area contributed by atoms with Crippen molar-refractivity contribution in [1.29, 1.82) is 5.26 Å². The van der Waals surface area contributed by atoms with E-state index in [1.165, 1.54) is 0 Å². The lowest BCUT2D eigenvalue weighted by atomic mass is 10.1. The molecule has 0 saturated carbocycles. The Bertz CT molecular complexity index is 576. The van der Waals surface area contributed by atoms with E-state index >= 15 is 0 Å². The summed E-state index contributed by atoms with van der Waals surface area (Å²) in [6.45, 7) is 7.19. The van der Waals surface area contributed by atoms with Crippen molar-refractivity contribution in [2.75, 3.05) is 4.90 Å². The van der Waals surface area contributed by atoms with Crippen molar-refractivity contribution in [3.05, 3.63) is 37.9 Å². The third-order valence-corrected chi connectivity index (χ3v) is 2.96. The summed E-state index contributed by atoms with van der Waals surface area (Å²) < 4.78 is 0. The third kappa shape index (κ3) is 3.25. The Balaban J connectivity index is 3.79. The fraction of sp³-hybridized carbons (Fsp3) is 0.462. The summed E-state index contributed by atoms with van der Waals surface area (Å²) in [5.74, 6) is 0. The summed E-state index contributed by atoms with van der Waals surface area (Å²) in [5, 5.41) is 31.4. The summed E-state index contributed by atoms with van der Waals surface area (Å²) in [5.41, 5.74) is -1.02. The van der Waals surface area contributed by atoms with Gasteiger partial charge < -0.3 is 4.90 Å². The van der Waals surface area contributed by atoms with Gasteiger partial charge in [0.1, 0.15) is 0 Å². The van der Waals surface area contributed by atoms with Crippen LogP contribution in [0.2, 0.25) is 0 Å². The second kappa shape index (κ2) is 6.17. The predicted molar refractivity (Wildman–Crippen MR) is 77.2 cm³/mol. The minimum Gasteiger partial charge on any atom is -0.355 e. The zero-order chi connectivity index (χ0) is 16.3. The standard InChI is InChI=1S/C13H16N4O4/c1-8(2)15(9(3)4)13-11(16(18)19)5-10(7-14)6-12(13)17(20)21/h5-6,8-9H,1-4H3. The Labute approximate surface area is 121 Å². The molecule has 0 spiro atoms. The highest BCUT2D eigenvalue weighted by atomic mass is 16.6. The van der Waals surface area contributed by atoms with Crippen molar-refractivity contribution < 1.29 is 9.85 Å². The van der Waals surface area contributed by atoms with E-state index in [4.69, 9.17) is 5.26 Å². The van der Waals surface area contributed by atoms with Gasteiger partial charge in [0, 0.05) is 24.2 Å². The first kappa shape index (κ1) is 16.4. The molecule has 0 aliphatic carbocycles. The minimum absolute atomic E-state index is 0.0611. The second-order valence-corrected chi connectivity index (χ2v) is 5.08. The second-order valence-electron chi connectivity index (χ2n) is 5.08. The molecule has 0 radical (unpaired) electrons. The van der Waals surface area contributed by atoms with Crippen molar-refractivity contribution >= 4 is 17.1 Å². The molecule has 1 aromatic carbocycles. The molecule has 0 aliphatic heterocycles. The van der Waals surface area contributed by atoms with E-state index in [-0.39, 0.29) is 23.3 Å². The largest absolute Gasteiger partial charge is 0.355 e. The number of nitro groups is 2. The van der Waals surface area contributed by atoms with Gasteiger partial charge in [-0.1, -0.05) is 0 Å². The van der Waals surface area contributed by atoms with Crippen LogP contribution in [0.1, 0.15) is 33.3 Å². The molecule has 0 amide bonds. The maximum absolute atomic E-state index is 11.3. The summed E-state index contributed by atoms with van der Waals surface area (Å²) in [4.78, 5) is 22.7. The van der Waals surface area contributed by atoms with E-state index in [1.807, 2.05) is 0 Å². The molecule has 21 heavy (non-hydrogen) atoms. The Morgan fingerprint density at radius 3 is 1.67 bits per heavy atom. The van der Waals surface area contributed by atoms with Crippen LogP contribution in [0.3, 0.4) is 0 Å². The number of hydrogen-bond donors (Lipinski definition) is 0. The van der Waals surface area contributed by atoms with Crippen molar-refractivity contribution in [3.63, 3.8) is 0 Å². The molecule has 0 fully saturated rings. The Hall–Kier alpha value is -2.69. The molecule has 0 unspecified atom stereocenters. The molecule has 0 saturated heterocycles. The smallest absolute Gasteiger partial charge is 0.301 e. The van der Waals surface area contributed by atoms with Gasteiger partial charge in [-0.05, 0) is 27.7 Å². The maximum atomic E-state index is 11.3. The molecule has 8 nitrogen and oxygen atoms in total. The van der Waals surface area contributed by atoms with Crippen LogP contribution in [0, 0.1) is 31.6 Å². The number of hydrogen-bond acceptors (Lipinski definition) is 6. The highest BCUT2D eigenvalue weighted by molar-refractivity contribution is 5.77. The Kier molecular flexibility index (Phi) is 4.81. The molecule has 0 atom stereocenters. The van der Waals surface area contributed by atoms with Crippen LogP contribution in [-0.4, -0.2) is 21.9 Å². The molecule has 0 N–H and O–H groups in total. The highest BCUT2D eigenvalue weighted by Gasteiger charge is 2.33. The molecule has 0 aromatic heterocycles. The predicted octanol–water partition coefficient (Wildman–Crippen LogP) is 3.00. The SMILES string of the molecule is CC(C)N(c1c([N+](=O)[O-])cc(C#N)cc1[N+](=O)[O-])C(C)C. The molecule has 0 bridgehead atoms. The number of nitrogens with zero attached hydrogens (tertiary/aromatic N) is 4. The van der Waals surface area contributed by atoms with Crippen molar-refractivity contribution in [3.8, 4) is 6.07 Å². The van der Waals surface area contributed by atoms with Gasteiger partial charge in [-0.25, -0.2) is 0 Å². The molecule has 1 rings (SSSR count).